The topological polar surface area (TPSA) is 24.9 Å². The summed E-state index contributed by atoms with van der Waals surface area (Å²) in [5, 5.41) is 7.22. The first-order valence-corrected chi connectivity index (χ1v) is 7.81. The van der Waals surface area contributed by atoms with Crippen molar-refractivity contribution in [2.45, 2.75) is 38.6 Å². The highest BCUT2D eigenvalue weighted by molar-refractivity contribution is 7.17. The van der Waals surface area contributed by atoms with E-state index in [0.29, 0.717) is 6.04 Å². The molecule has 1 aliphatic rings. The third-order valence-electron chi connectivity index (χ3n) is 3.72. The minimum absolute atomic E-state index is 0.628. The van der Waals surface area contributed by atoms with E-state index >= 15 is 0 Å². The zero-order valence-electron chi connectivity index (χ0n) is 10.9. The normalized spacial score (nSPS) is 17.2. The molecule has 0 spiro atoms. The van der Waals surface area contributed by atoms with E-state index in [4.69, 9.17) is 0 Å². The predicted molar refractivity (Wildman–Crippen MR) is 78.1 cm³/mol. The van der Waals surface area contributed by atoms with Crippen LogP contribution in [0, 0.1) is 5.92 Å². The number of thiophene rings is 1. The molecule has 2 heterocycles. The van der Waals surface area contributed by atoms with Gasteiger partial charge in [-0.3, -0.25) is 4.98 Å². The maximum Gasteiger partial charge on any atom is 0.0505 e. The van der Waals surface area contributed by atoms with Crippen molar-refractivity contribution in [3.63, 3.8) is 0 Å². The van der Waals surface area contributed by atoms with Crippen LogP contribution < -0.4 is 5.32 Å². The summed E-state index contributed by atoms with van der Waals surface area (Å²) in [6, 6.07) is 4.96. The minimum Gasteiger partial charge on any atom is -0.313 e. The molecule has 1 saturated carbocycles. The fraction of sp³-hybridized carbons (Fsp3) is 0.533. The lowest BCUT2D eigenvalue weighted by Crippen LogP contribution is -2.34. The zero-order valence-corrected chi connectivity index (χ0v) is 11.7. The van der Waals surface area contributed by atoms with Crippen LogP contribution in [0.3, 0.4) is 0 Å². The molecule has 3 rings (SSSR count). The van der Waals surface area contributed by atoms with Crippen LogP contribution in [-0.2, 0) is 6.42 Å². The summed E-state index contributed by atoms with van der Waals surface area (Å²) in [5.74, 6) is 0.882. The SMILES string of the molecule is CCCNC(Cc1nccc2sccc12)C1CC1. The van der Waals surface area contributed by atoms with Gasteiger partial charge in [0.05, 0.1) is 5.69 Å². The molecule has 2 aromatic rings. The van der Waals surface area contributed by atoms with E-state index in [9.17, 15) is 0 Å². The van der Waals surface area contributed by atoms with Gasteiger partial charge in [-0.25, -0.2) is 0 Å². The molecule has 1 unspecified atom stereocenters. The van der Waals surface area contributed by atoms with E-state index in [1.807, 2.05) is 17.5 Å². The molecular weight excluding hydrogens is 240 g/mol. The lowest BCUT2D eigenvalue weighted by molar-refractivity contribution is 0.457. The van der Waals surface area contributed by atoms with E-state index in [0.717, 1.165) is 18.9 Å². The van der Waals surface area contributed by atoms with Gasteiger partial charge < -0.3 is 5.32 Å². The highest BCUT2D eigenvalue weighted by Gasteiger charge is 2.31. The van der Waals surface area contributed by atoms with Crippen molar-refractivity contribution < 1.29 is 0 Å². The van der Waals surface area contributed by atoms with Crippen LogP contribution in [0.4, 0.5) is 0 Å². The molecule has 0 aliphatic heterocycles. The molecule has 2 aromatic heterocycles. The summed E-state index contributed by atoms with van der Waals surface area (Å²) < 4.78 is 1.37. The quantitative estimate of drug-likeness (QED) is 0.858. The first-order chi connectivity index (χ1) is 8.88. The Hall–Kier alpha value is -0.930. The van der Waals surface area contributed by atoms with Crippen molar-refractivity contribution in [3.05, 3.63) is 29.4 Å². The molecule has 0 aromatic carbocycles. The number of aromatic nitrogens is 1. The van der Waals surface area contributed by atoms with Gasteiger partial charge in [0.25, 0.3) is 0 Å². The summed E-state index contributed by atoms with van der Waals surface area (Å²) in [7, 11) is 0. The molecule has 96 valence electrons. The van der Waals surface area contributed by atoms with Crippen LogP contribution in [-0.4, -0.2) is 17.6 Å². The van der Waals surface area contributed by atoms with Crippen molar-refractivity contribution in [1.82, 2.24) is 10.3 Å². The largest absolute Gasteiger partial charge is 0.313 e. The molecule has 2 nitrogen and oxygen atoms in total. The molecule has 3 heteroatoms. The Bertz CT molecular complexity index is 516. The lowest BCUT2D eigenvalue weighted by Gasteiger charge is -2.17. The molecule has 1 N–H and O–H groups in total. The van der Waals surface area contributed by atoms with Crippen LogP contribution >= 0.6 is 11.3 Å². The number of nitrogens with one attached hydrogen (secondary N) is 1. The predicted octanol–water partition coefficient (Wildman–Crippen LogP) is 3.62. The van der Waals surface area contributed by atoms with E-state index in [1.54, 1.807) is 0 Å². The monoisotopic (exact) mass is 260 g/mol. The van der Waals surface area contributed by atoms with Crippen molar-refractivity contribution in [3.8, 4) is 0 Å². The van der Waals surface area contributed by atoms with Crippen LogP contribution in [0.15, 0.2) is 23.7 Å². The maximum atomic E-state index is 4.60. The maximum absolute atomic E-state index is 4.60. The van der Waals surface area contributed by atoms with Gasteiger partial charge in [0.15, 0.2) is 0 Å². The Balaban J connectivity index is 1.78. The molecule has 0 bridgehead atoms. The Morgan fingerprint density at radius 2 is 2.33 bits per heavy atom. The molecule has 0 saturated heterocycles. The number of rotatable bonds is 6. The Kier molecular flexibility index (Phi) is 3.62. The van der Waals surface area contributed by atoms with E-state index in [2.05, 4.69) is 34.7 Å². The second-order valence-corrected chi connectivity index (χ2v) is 6.14. The standard InChI is InChI=1S/C15H20N2S/c1-2-7-16-13(11-3-4-11)10-14-12-6-9-18-15(12)5-8-17-14/h5-6,8-9,11,13,16H,2-4,7,10H2,1H3. The Labute approximate surface area is 112 Å². The average Bonchev–Trinajstić information content (AvgIpc) is 3.12. The van der Waals surface area contributed by atoms with Crippen molar-refractivity contribution >= 4 is 21.4 Å². The zero-order chi connectivity index (χ0) is 12.4. The van der Waals surface area contributed by atoms with Gasteiger partial charge in [0, 0.05) is 28.7 Å². The number of hydrogen-bond acceptors (Lipinski definition) is 3. The van der Waals surface area contributed by atoms with Gasteiger partial charge >= 0.3 is 0 Å². The van der Waals surface area contributed by atoms with Crippen LogP contribution in [0.1, 0.15) is 31.9 Å². The summed E-state index contributed by atoms with van der Waals surface area (Å²) in [5.41, 5.74) is 1.27. The molecule has 18 heavy (non-hydrogen) atoms. The Morgan fingerprint density at radius 3 is 3.11 bits per heavy atom. The second-order valence-electron chi connectivity index (χ2n) is 5.19. The molecule has 1 aliphatic carbocycles. The first-order valence-electron chi connectivity index (χ1n) is 6.93. The van der Waals surface area contributed by atoms with Gasteiger partial charge in [0.1, 0.15) is 0 Å². The molecular formula is C15H20N2S. The second kappa shape index (κ2) is 5.37. The average molecular weight is 260 g/mol. The van der Waals surface area contributed by atoms with Gasteiger partial charge in [-0.2, -0.15) is 0 Å². The van der Waals surface area contributed by atoms with E-state index in [-0.39, 0.29) is 0 Å². The Morgan fingerprint density at radius 1 is 1.44 bits per heavy atom. The number of nitrogens with zero attached hydrogens (tertiary/aromatic N) is 1. The third kappa shape index (κ3) is 2.57. The van der Waals surface area contributed by atoms with Crippen molar-refractivity contribution in [1.29, 1.82) is 0 Å². The van der Waals surface area contributed by atoms with Crippen LogP contribution in [0.25, 0.3) is 10.1 Å². The summed E-state index contributed by atoms with van der Waals surface area (Å²) >= 11 is 1.81. The molecule has 1 fully saturated rings. The van der Waals surface area contributed by atoms with E-state index in [1.165, 1.54) is 35.0 Å². The van der Waals surface area contributed by atoms with Gasteiger partial charge in [-0.15, -0.1) is 11.3 Å². The van der Waals surface area contributed by atoms with Gasteiger partial charge in [-0.05, 0) is 49.2 Å². The molecule has 0 radical (unpaired) electrons. The van der Waals surface area contributed by atoms with Crippen molar-refractivity contribution in [2.24, 2.45) is 5.92 Å². The number of fused-ring (bicyclic) bond motifs is 1. The van der Waals surface area contributed by atoms with E-state index < -0.39 is 0 Å². The summed E-state index contributed by atoms with van der Waals surface area (Å²) in [6.45, 7) is 3.36. The van der Waals surface area contributed by atoms with Crippen molar-refractivity contribution in [2.75, 3.05) is 6.54 Å². The molecule has 0 amide bonds. The third-order valence-corrected chi connectivity index (χ3v) is 4.61. The summed E-state index contributed by atoms with van der Waals surface area (Å²) in [6.07, 6.45) is 7.03. The van der Waals surface area contributed by atoms with Gasteiger partial charge in [0.2, 0.25) is 0 Å². The fourth-order valence-electron chi connectivity index (χ4n) is 2.56. The van der Waals surface area contributed by atoms with Crippen LogP contribution in [0.2, 0.25) is 0 Å². The minimum atomic E-state index is 0.628. The van der Waals surface area contributed by atoms with Gasteiger partial charge in [-0.1, -0.05) is 6.92 Å². The summed E-state index contributed by atoms with van der Waals surface area (Å²) in [4.78, 5) is 4.60. The highest BCUT2D eigenvalue weighted by Crippen LogP contribution is 2.35. The fourth-order valence-corrected chi connectivity index (χ4v) is 3.36. The first kappa shape index (κ1) is 12.1. The number of pyridine rings is 1. The number of hydrogen-bond donors (Lipinski definition) is 1. The van der Waals surface area contributed by atoms with Crippen LogP contribution in [0.5, 0.6) is 0 Å². The highest BCUT2D eigenvalue weighted by atomic mass is 32.1. The molecule has 1 atom stereocenters. The smallest absolute Gasteiger partial charge is 0.0505 e. The lowest BCUT2D eigenvalue weighted by atomic mass is 10.0.